The number of hydrogen-bond acceptors (Lipinski definition) is 2. The molecule has 1 unspecified atom stereocenters. The Balaban J connectivity index is 2.21. The molecule has 0 saturated heterocycles. The molecule has 1 atom stereocenters. The SMILES string of the molecule is Cc1ccccc1CC(=O)N(Cc1ccccc1)C(C)C(=O)O. The molecule has 2 rings (SSSR count). The van der Waals surface area contributed by atoms with Gasteiger partial charge in [-0.25, -0.2) is 4.79 Å². The van der Waals surface area contributed by atoms with Crippen molar-refractivity contribution in [2.24, 2.45) is 0 Å². The van der Waals surface area contributed by atoms with Gasteiger partial charge in [0.1, 0.15) is 6.04 Å². The van der Waals surface area contributed by atoms with Gasteiger partial charge in [0.15, 0.2) is 0 Å². The number of carbonyl (C=O) groups is 2. The van der Waals surface area contributed by atoms with E-state index in [1.165, 1.54) is 4.90 Å². The predicted octanol–water partition coefficient (Wildman–Crippen LogP) is 3.04. The van der Waals surface area contributed by atoms with Crippen LogP contribution >= 0.6 is 0 Å². The fourth-order valence-corrected chi connectivity index (χ4v) is 2.43. The van der Waals surface area contributed by atoms with Crippen LogP contribution in [0.4, 0.5) is 0 Å². The van der Waals surface area contributed by atoms with Crippen molar-refractivity contribution < 1.29 is 14.7 Å². The molecule has 4 heteroatoms. The number of aliphatic carboxylic acids is 1. The van der Waals surface area contributed by atoms with Crippen molar-refractivity contribution in [3.63, 3.8) is 0 Å². The van der Waals surface area contributed by atoms with Crippen molar-refractivity contribution in [3.8, 4) is 0 Å². The fourth-order valence-electron chi connectivity index (χ4n) is 2.43. The van der Waals surface area contributed by atoms with Gasteiger partial charge >= 0.3 is 5.97 Å². The molecule has 0 spiro atoms. The topological polar surface area (TPSA) is 57.6 Å². The Labute approximate surface area is 136 Å². The summed E-state index contributed by atoms with van der Waals surface area (Å²) in [6, 6.07) is 16.2. The molecule has 0 fully saturated rings. The van der Waals surface area contributed by atoms with Gasteiger partial charge in [-0.1, -0.05) is 54.6 Å². The van der Waals surface area contributed by atoms with Crippen LogP contribution in [-0.4, -0.2) is 27.9 Å². The van der Waals surface area contributed by atoms with Gasteiger partial charge in [0, 0.05) is 6.54 Å². The van der Waals surface area contributed by atoms with Gasteiger partial charge in [-0.05, 0) is 30.5 Å². The largest absolute Gasteiger partial charge is 0.480 e. The Morgan fingerprint density at radius 2 is 1.65 bits per heavy atom. The van der Waals surface area contributed by atoms with E-state index >= 15 is 0 Å². The number of nitrogens with zero attached hydrogens (tertiary/aromatic N) is 1. The molecule has 0 aliphatic carbocycles. The first kappa shape index (κ1) is 16.7. The van der Waals surface area contributed by atoms with E-state index in [9.17, 15) is 14.7 Å². The molecule has 2 aromatic carbocycles. The molecule has 0 radical (unpaired) electrons. The average molecular weight is 311 g/mol. The Hall–Kier alpha value is -2.62. The van der Waals surface area contributed by atoms with E-state index in [2.05, 4.69) is 0 Å². The zero-order valence-electron chi connectivity index (χ0n) is 13.4. The minimum absolute atomic E-state index is 0.182. The number of carbonyl (C=O) groups excluding carboxylic acids is 1. The third-order valence-electron chi connectivity index (χ3n) is 3.94. The van der Waals surface area contributed by atoms with Crippen LogP contribution in [-0.2, 0) is 22.6 Å². The van der Waals surface area contributed by atoms with Crippen LogP contribution in [0.1, 0.15) is 23.6 Å². The molecule has 0 heterocycles. The van der Waals surface area contributed by atoms with Gasteiger partial charge in [-0.15, -0.1) is 0 Å². The third-order valence-corrected chi connectivity index (χ3v) is 3.94. The minimum Gasteiger partial charge on any atom is -0.480 e. The molecule has 0 bridgehead atoms. The van der Waals surface area contributed by atoms with E-state index in [1.807, 2.05) is 61.5 Å². The first-order chi connectivity index (χ1) is 11.0. The Morgan fingerprint density at radius 3 is 2.26 bits per heavy atom. The van der Waals surface area contributed by atoms with E-state index < -0.39 is 12.0 Å². The number of rotatable bonds is 6. The molecule has 23 heavy (non-hydrogen) atoms. The van der Waals surface area contributed by atoms with Crippen molar-refractivity contribution >= 4 is 11.9 Å². The van der Waals surface area contributed by atoms with Gasteiger partial charge in [-0.2, -0.15) is 0 Å². The van der Waals surface area contributed by atoms with Crippen LogP contribution in [0.5, 0.6) is 0 Å². The van der Waals surface area contributed by atoms with E-state index in [0.29, 0.717) is 6.54 Å². The molecule has 1 amide bonds. The quantitative estimate of drug-likeness (QED) is 0.892. The van der Waals surface area contributed by atoms with Crippen LogP contribution in [0.25, 0.3) is 0 Å². The standard InChI is InChI=1S/C19H21NO3/c1-14-8-6-7-11-17(14)12-18(21)20(15(2)19(22)23)13-16-9-4-3-5-10-16/h3-11,15H,12-13H2,1-2H3,(H,22,23). The molecule has 0 aliphatic rings. The average Bonchev–Trinajstić information content (AvgIpc) is 2.55. The van der Waals surface area contributed by atoms with Crippen molar-refractivity contribution in [2.75, 3.05) is 0 Å². The van der Waals surface area contributed by atoms with Crippen molar-refractivity contribution in [1.82, 2.24) is 4.90 Å². The fraction of sp³-hybridized carbons (Fsp3) is 0.263. The van der Waals surface area contributed by atoms with Crippen LogP contribution < -0.4 is 0 Å². The maximum absolute atomic E-state index is 12.7. The highest BCUT2D eigenvalue weighted by molar-refractivity contribution is 5.85. The molecule has 2 aromatic rings. The second-order valence-electron chi connectivity index (χ2n) is 5.62. The van der Waals surface area contributed by atoms with Crippen LogP contribution in [0.3, 0.4) is 0 Å². The van der Waals surface area contributed by atoms with E-state index in [1.54, 1.807) is 6.92 Å². The number of benzene rings is 2. The van der Waals surface area contributed by atoms with Gasteiger partial charge in [0.2, 0.25) is 5.91 Å². The van der Waals surface area contributed by atoms with Crippen LogP contribution in [0, 0.1) is 6.92 Å². The Morgan fingerprint density at radius 1 is 1.04 bits per heavy atom. The summed E-state index contributed by atoms with van der Waals surface area (Å²) in [5.41, 5.74) is 2.87. The first-order valence-electron chi connectivity index (χ1n) is 7.59. The summed E-state index contributed by atoms with van der Waals surface area (Å²) in [4.78, 5) is 25.5. The summed E-state index contributed by atoms with van der Waals surface area (Å²) >= 11 is 0. The zero-order valence-corrected chi connectivity index (χ0v) is 13.4. The first-order valence-corrected chi connectivity index (χ1v) is 7.59. The maximum Gasteiger partial charge on any atom is 0.326 e. The number of carboxylic acids is 1. The lowest BCUT2D eigenvalue weighted by Crippen LogP contribution is -2.43. The number of carboxylic acid groups (broad SMARTS) is 1. The molecule has 120 valence electrons. The van der Waals surface area contributed by atoms with Crippen molar-refractivity contribution in [3.05, 3.63) is 71.3 Å². The van der Waals surface area contributed by atoms with E-state index in [-0.39, 0.29) is 12.3 Å². The lowest BCUT2D eigenvalue weighted by Gasteiger charge is -2.27. The van der Waals surface area contributed by atoms with Gasteiger partial charge in [0.25, 0.3) is 0 Å². The second-order valence-corrected chi connectivity index (χ2v) is 5.62. The highest BCUT2D eigenvalue weighted by Crippen LogP contribution is 2.14. The molecule has 0 saturated carbocycles. The predicted molar refractivity (Wildman–Crippen MR) is 89.0 cm³/mol. The molecule has 0 aliphatic heterocycles. The number of hydrogen-bond donors (Lipinski definition) is 1. The summed E-state index contributed by atoms with van der Waals surface area (Å²) in [6.45, 7) is 3.78. The third kappa shape index (κ3) is 4.42. The smallest absolute Gasteiger partial charge is 0.326 e. The van der Waals surface area contributed by atoms with Crippen LogP contribution in [0.2, 0.25) is 0 Å². The summed E-state index contributed by atoms with van der Waals surface area (Å²) in [6.07, 6.45) is 0.205. The van der Waals surface area contributed by atoms with Crippen molar-refractivity contribution in [2.45, 2.75) is 32.9 Å². The molecule has 4 nitrogen and oxygen atoms in total. The monoisotopic (exact) mass is 311 g/mol. The zero-order chi connectivity index (χ0) is 16.8. The molecular formula is C19H21NO3. The van der Waals surface area contributed by atoms with E-state index in [0.717, 1.165) is 16.7 Å². The second kappa shape index (κ2) is 7.58. The summed E-state index contributed by atoms with van der Waals surface area (Å²) in [5.74, 6) is -1.18. The number of aryl methyl sites for hydroxylation is 1. The highest BCUT2D eigenvalue weighted by Gasteiger charge is 2.25. The number of amides is 1. The maximum atomic E-state index is 12.7. The lowest BCUT2D eigenvalue weighted by molar-refractivity contribution is -0.149. The summed E-state index contributed by atoms with van der Waals surface area (Å²) in [5, 5.41) is 9.31. The molecule has 1 N–H and O–H groups in total. The van der Waals surface area contributed by atoms with Gasteiger partial charge in [0.05, 0.1) is 6.42 Å². The molecule has 0 aromatic heterocycles. The lowest BCUT2D eigenvalue weighted by atomic mass is 10.0. The highest BCUT2D eigenvalue weighted by atomic mass is 16.4. The van der Waals surface area contributed by atoms with E-state index in [4.69, 9.17) is 0 Å². The molecular weight excluding hydrogens is 290 g/mol. The van der Waals surface area contributed by atoms with Gasteiger partial charge < -0.3 is 10.0 Å². The summed E-state index contributed by atoms with van der Waals surface area (Å²) < 4.78 is 0. The normalized spacial score (nSPS) is 11.7. The Bertz CT molecular complexity index is 682. The summed E-state index contributed by atoms with van der Waals surface area (Å²) in [7, 11) is 0. The van der Waals surface area contributed by atoms with Crippen LogP contribution in [0.15, 0.2) is 54.6 Å². The minimum atomic E-state index is -1.00. The Kier molecular flexibility index (Phi) is 5.52. The van der Waals surface area contributed by atoms with Crippen molar-refractivity contribution in [1.29, 1.82) is 0 Å². The van der Waals surface area contributed by atoms with Gasteiger partial charge in [-0.3, -0.25) is 4.79 Å².